The Morgan fingerprint density at radius 2 is 2.50 bits per heavy atom. The first-order valence-electron chi connectivity index (χ1n) is 3.69. The highest BCUT2D eigenvalue weighted by Crippen LogP contribution is 2.16. The van der Waals surface area contributed by atoms with E-state index in [9.17, 15) is 4.79 Å². The number of hydrogen-bond donors (Lipinski definition) is 1. The van der Waals surface area contributed by atoms with E-state index in [1.165, 1.54) is 18.4 Å². The monoisotopic (exact) mass is 185 g/mol. The van der Waals surface area contributed by atoms with Gasteiger partial charge in [0.05, 0.1) is 12.0 Å². The van der Waals surface area contributed by atoms with E-state index in [0.717, 1.165) is 16.9 Å². The molecule has 0 aliphatic carbocycles. The van der Waals surface area contributed by atoms with Crippen LogP contribution in [0.3, 0.4) is 0 Å². The largest absolute Gasteiger partial charge is 0.285 e. The Balaban J connectivity index is 2.79. The standard InChI is InChI=1S/C8H11NO2S/c1-3-6-4-5-12-7(6)8(10)9-11-2/h4-5H,3H2,1-2H3,(H,9,10). The molecule has 0 aromatic carbocycles. The van der Waals surface area contributed by atoms with Gasteiger partial charge in [-0.25, -0.2) is 5.48 Å². The van der Waals surface area contributed by atoms with Crippen molar-refractivity contribution in [3.63, 3.8) is 0 Å². The van der Waals surface area contributed by atoms with Crippen molar-refractivity contribution < 1.29 is 9.63 Å². The molecule has 0 unspecified atom stereocenters. The summed E-state index contributed by atoms with van der Waals surface area (Å²) in [5, 5.41) is 1.91. The summed E-state index contributed by atoms with van der Waals surface area (Å²) in [4.78, 5) is 16.5. The maximum Gasteiger partial charge on any atom is 0.285 e. The molecule has 0 bridgehead atoms. The lowest BCUT2D eigenvalue weighted by atomic mass is 10.2. The molecule has 0 radical (unpaired) electrons. The SMILES string of the molecule is CCc1ccsc1C(=O)NOC. The fourth-order valence-corrected chi connectivity index (χ4v) is 1.83. The van der Waals surface area contributed by atoms with Gasteiger partial charge in [0.25, 0.3) is 5.91 Å². The molecule has 1 N–H and O–H groups in total. The van der Waals surface area contributed by atoms with Crippen molar-refractivity contribution in [3.8, 4) is 0 Å². The average Bonchev–Trinajstić information content (AvgIpc) is 2.51. The molecule has 0 fully saturated rings. The molecule has 0 saturated heterocycles. The molecule has 1 heterocycles. The van der Waals surface area contributed by atoms with Crippen LogP contribution in [0.1, 0.15) is 22.2 Å². The lowest BCUT2D eigenvalue weighted by molar-refractivity contribution is 0.0541. The summed E-state index contributed by atoms with van der Waals surface area (Å²) in [5.74, 6) is -0.163. The third kappa shape index (κ3) is 1.84. The Kier molecular flexibility index (Phi) is 3.25. The van der Waals surface area contributed by atoms with Gasteiger partial charge < -0.3 is 0 Å². The van der Waals surface area contributed by atoms with Gasteiger partial charge >= 0.3 is 0 Å². The van der Waals surface area contributed by atoms with Gasteiger partial charge in [-0.15, -0.1) is 11.3 Å². The molecule has 4 heteroatoms. The number of rotatable bonds is 3. The Morgan fingerprint density at radius 3 is 3.08 bits per heavy atom. The summed E-state index contributed by atoms with van der Waals surface area (Å²) in [5.41, 5.74) is 3.36. The maximum atomic E-state index is 11.3. The van der Waals surface area contributed by atoms with E-state index in [1.807, 2.05) is 18.4 Å². The summed E-state index contributed by atoms with van der Waals surface area (Å²) in [7, 11) is 1.43. The fraction of sp³-hybridized carbons (Fsp3) is 0.375. The van der Waals surface area contributed by atoms with E-state index >= 15 is 0 Å². The molecular weight excluding hydrogens is 174 g/mol. The van der Waals surface area contributed by atoms with Crippen LogP contribution in [0.2, 0.25) is 0 Å². The predicted molar refractivity (Wildman–Crippen MR) is 48.2 cm³/mol. The minimum absolute atomic E-state index is 0.163. The number of hydroxylamine groups is 1. The van der Waals surface area contributed by atoms with Crippen LogP contribution in [0.25, 0.3) is 0 Å². The van der Waals surface area contributed by atoms with Gasteiger partial charge in [0.15, 0.2) is 0 Å². The lowest BCUT2D eigenvalue weighted by Crippen LogP contribution is -2.21. The highest BCUT2D eigenvalue weighted by molar-refractivity contribution is 7.12. The summed E-state index contributed by atoms with van der Waals surface area (Å²) < 4.78 is 0. The highest BCUT2D eigenvalue weighted by Gasteiger charge is 2.10. The number of aryl methyl sites for hydroxylation is 1. The molecular formula is C8H11NO2S. The van der Waals surface area contributed by atoms with Gasteiger partial charge in [-0.1, -0.05) is 6.92 Å². The number of carbonyl (C=O) groups is 1. The van der Waals surface area contributed by atoms with Crippen LogP contribution in [0.5, 0.6) is 0 Å². The molecule has 12 heavy (non-hydrogen) atoms. The quantitative estimate of drug-likeness (QED) is 0.726. The van der Waals surface area contributed by atoms with Crippen LogP contribution in [0.15, 0.2) is 11.4 Å². The highest BCUT2D eigenvalue weighted by atomic mass is 32.1. The van der Waals surface area contributed by atoms with E-state index in [0.29, 0.717) is 0 Å². The van der Waals surface area contributed by atoms with E-state index in [2.05, 4.69) is 10.3 Å². The second-order valence-electron chi connectivity index (χ2n) is 2.26. The molecule has 3 nitrogen and oxygen atoms in total. The normalized spacial score (nSPS) is 9.83. The van der Waals surface area contributed by atoms with Crippen molar-refractivity contribution in [3.05, 3.63) is 21.9 Å². The number of thiophene rings is 1. The summed E-state index contributed by atoms with van der Waals surface area (Å²) in [6.07, 6.45) is 0.871. The molecule has 1 amide bonds. The molecule has 0 atom stereocenters. The molecule has 0 saturated carbocycles. The zero-order valence-corrected chi connectivity index (χ0v) is 7.90. The van der Waals surface area contributed by atoms with Crippen LogP contribution in [0, 0.1) is 0 Å². The predicted octanol–water partition coefficient (Wildman–Crippen LogP) is 1.60. The van der Waals surface area contributed by atoms with Crippen molar-refractivity contribution in [2.24, 2.45) is 0 Å². The Hall–Kier alpha value is -0.870. The number of hydrogen-bond acceptors (Lipinski definition) is 3. The van der Waals surface area contributed by atoms with Gasteiger partial charge in [-0.3, -0.25) is 9.63 Å². The van der Waals surface area contributed by atoms with Crippen LogP contribution < -0.4 is 5.48 Å². The van der Waals surface area contributed by atoms with Gasteiger partial charge in [-0.2, -0.15) is 0 Å². The van der Waals surface area contributed by atoms with Crippen molar-refractivity contribution in [1.82, 2.24) is 5.48 Å². The van der Waals surface area contributed by atoms with Crippen LogP contribution in [0.4, 0.5) is 0 Å². The number of carbonyl (C=O) groups excluding carboxylic acids is 1. The topological polar surface area (TPSA) is 38.3 Å². The third-order valence-corrected chi connectivity index (χ3v) is 2.48. The van der Waals surface area contributed by atoms with E-state index in [1.54, 1.807) is 0 Å². The van der Waals surface area contributed by atoms with E-state index < -0.39 is 0 Å². The Labute approximate surface area is 75.3 Å². The van der Waals surface area contributed by atoms with Crippen molar-refractivity contribution in [2.45, 2.75) is 13.3 Å². The van der Waals surface area contributed by atoms with Crippen molar-refractivity contribution >= 4 is 17.2 Å². The molecule has 1 aromatic rings. The minimum Gasteiger partial charge on any atom is -0.277 e. The van der Waals surface area contributed by atoms with Crippen molar-refractivity contribution in [1.29, 1.82) is 0 Å². The molecule has 1 rings (SSSR count). The van der Waals surface area contributed by atoms with Gasteiger partial charge in [0, 0.05) is 0 Å². The molecule has 0 aliphatic heterocycles. The van der Waals surface area contributed by atoms with Crippen molar-refractivity contribution in [2.75, 3.05) is 7.11 Å². The van der Waals surface area contributed by atoms with Crippen LogP contribution in [-0.4, -0.2) is 13.0 Å². The van der Waals surface area contributed by atoms with Gasteiger partial charge in [0.2, 0.25) is 0 Å². The molecule has 0 aliphatic rings. The zero-order valence-electron chi connectivity index (χ0n) is 7.09. The number of amides is 1. The van der Waals surface area contributed by atoms with Gasteiger partial charge in [-0.05, 0) is 23.4 Å². The summed E-state index contributed by atoms with van der Waals surface area (Å²) in [6, 6.07) is 1.95. The maximum absolute atomic E-state index is 11.3. The fourth-order valence-electron chi connectivity index (χ4n) is 0.952. The molecule has 0 spiro atoms. The Morgan fingerprint density at radius 1 is 1.75 bits per heavy atom. The first-order chi connectivity index (χ1) is 5.79. The van der Waals surface area contributed by atoms with E-state index in [4.69, 9.17) is 0 Å². The third-order valence-electron chi connectivity index (χ3n) is 1.53. The molecule has 1 aromatic heterocycles. The van der Waals surface area contributed by atoms with Gasteiger partial charge in [0.1, 0.15) is 0 Å². The summed E-state index contributed by atoms with van der Waals surface area (Å²) in [6.45, 7) is 2.02. The second-order valence-corrected chi connectivity index (χ2v) is 3.18. The minimum atomic E-state index is -0.163. The van der Waals surface area contributed by atoms with Crippen LogP contribution in [-0.2, 0) is 11.3 Å². The first kappa shape index (κ1) is 9.22. The second kappa shape index (κ2) is 4.23. The average molecular weight is 185 g/mol. The number of nitrogens with one attached hydrogen (secondary N) is 1. The smallest absolute Gasteiger partial charge is 0.277 e. The Bertz CT molecular complexity index is 270. The zero-order chi connectivity index (χ0) is 8.97. The lowest BCUT2D eigenvalue weighted by Gasteiger charge is -2.00. The van der Waals surface area contributed by atoms with Crippen LogP contribution >= 0.6 is 11.3 Å². The molecule has 66 valence electrons. The first-order valence-corrected chi connectivity index (χ1v) is 4.57. The summed E-state index contributed by atoms with van der Waals surface area (Å²) >= 11 is 1.43. The van der Waals surface area contributed by atoms with E-state index in [-0.39, 0.29) is 5.91 Å².